The van der Waals surface area contributed by atoms with Crippen LogP contribution in [-0.2, 0) is 10.0 Å². The number of benzene rings is 1. The van der Waals surface area contributed by atoms with E-state index < -0.39 is 10.0 Å². The van der Waals surface area contributed by atoms with Gasteiger partial charge in [-0.3, -0.25) is 0 Å². The molecule has 0 spiro atoms. The van der Waals surface area contributed by atoms with Gasteiger partial charge < -0.3 is 22.1 Å². The van der Waals surface area contributed by atoms with Gasteiger partial charge in [-0.15, -0.1) is 0 Å². The molecule has 0 saturated carbocycles. The van der Waals surface area contributed by atoms with Gasteiger partial charge in [-0.05, 0) is 12.1 Å². The number of para-hydroxylation sites is 2. The molecule has 1 aromatic rings. The van der Waals surface area contributed by atoms with Crippen molar-refractivity contribution in [3.05, 3.63) is 24.3 Å². The Morgan fingerprint density at radius 3 is 2.26 bits per heavy atom. The van der Waals surface area contributed by atoms with Crippen molar-refractivity contribution in [3.63, 3.8) is 0 Å². The van der Waals surface area contributed by atoms with Gasteiger partial charge in [0.05, 0.1) is 17.6 Å². The Bertz CT molecular complexity index is 718. The molecule has 0 bridgehead atoms. The first-order valence-electron chi connectivity index (χ1n) is 7.00. The number of hydrogen-bond acceptors (Lipinski definition) is 4. The van der Waals surface area contributed by atoms with E-state index >= 15 is 0 Å². The average Bonchev–Trinajstić information content (AvgIpc) is 2.46. The highest BCUT2D eigenvalue weighted by Gasteiger charge is 2.24. The zero-order valence-electron chi connectivity index (χ0n) is 12.9. The lowest BCUT2D eigenvalue weighted by atomic mass is 10.2. The van der Waals surface area contributed by atoms with Crippen molar-refractivity contribution in [1.82, 2.24) is 4.31 Å². The predicted octanol–water partition coefficient (Wildman–Crippen LogP) is -1.01. The number of sulfonamides is 1. The van der Waals surface area contributed by atoms with Crippen LogP contribution in [0.1, 0.15) is 0 Å². The van der Waals surface area contributed by atoms with Crippen molar-refractivity contribution in [2.45, 2.75) is 0 Å². The molecule has 1 aliphatic rings. The van der Waals surface area contributed by atoms with Crippen molar-refractivity contribution in [1.29, 1.82) is 0 Å². The summed E-state index contributed by atoms with van der Waals surface area (Å²) in [5.41, 5.74) is 17.7. The summed E-state index contributed by atoms with van der Waals surface area (Å²) in [5.74, 6) is -0.197. The summed E-state index contributed by atoms with van der Waals surface area (Å²) >= 11 is 0. The molecular formula is C13H21N7O2S. The Kier molecular flexibility index (Phi) is 5.06. The summed E-state index contributed by atoms with van der Waals surface area (Å²) in [6.07, 6.45) is 1.22. The van der Waals surface area contributed by atoms with E-state index in [9.17, 15) is 8.42 Å². The average molecular weight is 339 g/mol. The van der Waals surface area contributed by atoms with Crippen LogP contribution in [-0.4, -0.2) is 57.1 Å². The third kappa shape index (κ3) is 4.57. The smallest absolute Gasteiger partial charge is 0.223 e. The largest absolute Gasteiger partial charge is 0.370 e. The molecule has 126 valence electrons. The van der Waals surface area contributed by atoms with Crippen LogP contribution in [0.15, 0.2) is 34.3 Å². The second-order valence-electron chi connectivity index (χ2n) is 5.14. The number of nitrogens with two attached hydrogens (primary N) is 3. The third-order valence-corrected chi connectivity index (χ3v) is 4.71. The van der Waals surface area contributed by atoms with Crippen LogP contribution in [0.4, 0.5) is 11.4 Å². The van der Waals surface area contributed by atoms with E-state index in [2.05, 4.69) is 14.9 Å². The quantitative estimate of drug-likeness (QED) is 0.475. The van der Waals surface area contributed by atoms with Gasteiger partial charge in [0, 0.05) is 26.2 Å². The summed E-state index contributed by atoms with van der Waals surface area (Å²) in [6, 6.07) is 7.41. The van der Waals surface area contributed by atoms with E-state index in [0.717, 1.165) is 5.69 Å². The second-order valence-corrected chi connectivity index (χ2v) is 7.13. The molecule has 0 atom stereocenters. The van der Waals surface area contributed by atoms with E-state index in [1.54, 1.807) is 6.07 Å². The molecule has 2 rings (SSSR count). The van der Waals surface area contributed by atoms with Crippen molar-refractivity contribution < 1.29 is 8.42 Å². The highest BCUT2D eigenvalue weighted by molar-refractivity contribution is 7.88. The number of piperazine rings is 1. The minimum atomic E-state index is -3.16. The van der Waals surface area contributed by atoms with E-state index in [4.69, 9.17) is 17.2 Å². The predicted molar refractivity (Wildman–Crippen MR) is 92.2 cm³/mol. The number of hydrogen-bond donors (Lipinski definition) is 3. The topological polar surface area (TPSA) is 143 Å². The molecule has 0 aliphatic carbocycles. The highest BCUT2D eigenvalue weighted by atomic mass is 32.2. The molecule has 0 unspecified atom stereocenters. The van der Waals surface area contributed by atoms with Crippen LogP contribution in [0.2, 0.25) is 0 Å². The Morgan fingerprint density at radius 2 is 1.70 bits per heavy atom. The van der Waals surface area contributed by atoms with E-state index in [1.165, 1.54) is 10.6 Å². The van der Waals surface area contributed by atoms with Crippen molar-refractivity contribution >= 4 is 33.3 Å². The van der Waals surface area contributed by atoms with Gasteiger partial charge in [0.1, 0.15) is 0 Å². The Hall–Kier alpha value is -2.33. The minimum Gasteiger partial charge on any atom is -0.370 e. The zero-order valence-corrected chi connectivity index (χ0v) is 13.7. The van der Waals surface area contributed by atoms with Crippen LogP contribution < -0.4 is 22.1 Å². The van der Waals surface area contributed by atoms with Crippen LogP contribution in [0, 0.1) is 0 Å². The fraction of sp³-hybridized carbons (Fsp3) is 0.385. The standard InChI is InChI=1S/C13H21N7O2S/c1-23(21,22)20-8-6-19(7-9-20)11-5-3-2-4-10(11)17-13(16)18-12(14)15/h2-5H,6-9H2,1H3,(H6,14,15,16,17,18). The van der Waals surface area contributed by atoms with E-state index in [1.807, 2.05) is 18.2 Å². The van der Waals surface area contributed by atoms with Gasteiger partial charge in [0.15, 0.2) is 5.96 Å². The Morgan fingerprint density at radius 1 is 1.09 bits per heavy atom. The molecule has 0 amide bonds. The van der Waals surface area contributed by atoms with Crippen molar-refractivity contribution in [2.24, 2.45) is 27.2 Å². The first-order valence-corrected chi connectivity index (χ1v) is 8.85. The Labute approximate surface area is 135 Å². The molecule has 9 nitrogen and oxygen atoms in total. The van der Waals surface area contributed by atoms with E-state index in [0.29, 0.717) is 31.9 Å². The normalized spacial score (nSPS) is 17.1. The summed E-state index contributed by atoms with van der Waals surface area (Å²) in [5, 5.41) is 0. The van der Waals surface area contributed by atoms with Crippen LogP contribution in [0.25, 0.3) is 0 Å². The minimum absolute atomic E-state index is 0.0350. The lowest BCUT2D eigenvalue weighted by Crippen LogP contribution is -2.48. The summed E-state index contributed by atoms with van der Waals surface area (Å²) < 4.78 is 24.6. The number of rotatable bonds is 3. The van der Waals surface area contributed by atoms with Gasteiger partial charge in [-0.25, -0.2) is 13.4 Å². The van der Waals surface area contributed by atoms with Gasteiger partial charge in [0.25, 0.3) is 0 Å². The maximum Gasteiger partial charge on any atom is 0.223 e. The molecule has 6 N–H and O–H groups in total. The molecule has 1 fully saturated rings. The second kappa shape index (κ2) is 6.84. The molecule has 1 aromatic carbocycles. The zero-order chi connectivity index (χ0) is 17.0. The lowest BCUT2D eigenvalue weighted by Gasteiger charge is -2.35. The molecule has 0 radical (unpaired) electrons. The molecule has 1 aliphatic heterocycles. The molecule has 0 aromatic heterocycles. The fourth-order valence-electron chi connectivity index (χ4n) is 2.37. The fourth-order valence-corrected chi connectivity index (χ4v) is 3.19. The van der Waals surface area contributed by atoms with Gasteiger partial charge in [-0.1, -0.05) is 12.1 Å². The van der Waals surface area contributed by atoms with Gasteiger partial charge in [0.2, 0.25) is 16.0 Å². The summed E-state index contributed by atoms with van der Waals surface area (Å²) in [4.78, 5) is 9.97. The third-order valence-electron chi connectivity index (χ3n) is 3.41. The summed E-state index contributed by atoms with van der Waals surface area (Å²) in [6.45, 7) is 2.00. The Balaban J connectivity index is 2.21. The molecular weight excluding hydrogens is 318 g/mol. The van der Waals surface area contributed by atoms with Crippen LogP contribution in [0.5, 0.6) is 0 Å². The van der Waals surface area contributed by atoms with Crippen LogP contribution in [0.3, 0.4) is 0 Å². The molecule has 23 heavy (non-hydrogen) atoms. The molecule has 10 heteroatoms. The van der Waals surface area contributed by atoms with Gasteiger partial charge in [-0.2, -0.15) is 9.30 Å². The van der Waals surface area contributed by atoms with Gasteiger partial charge >= 0.3 is 0 Å². The van der Waals surface area contributed by atoms with Crippen molar-refractivity contribution in [2.75, 3.05) is 37.3 Å². The van der Waals surface area contributed by atoms with Crippen molar-refractivity contribution in [3.8, 4) is 0 Å². The maximum absolute atomic E-state index is 11.6. The van der Waals surface area contributed by atoms with Crippen LogP contribution >= 0.6 is 0 Å². The first-order chi connectivity index (χ1) is 10.8. The molecule has 1 heterocycles. The number of nitrogens with zero attached hydrogens (tertiary/aromatic N) is 4. The first kappa shape index (κ1) is 17.0. The summed E-state index contributed by atoms with van der Waals surface area (Å²) in [7, 11) is -3.16. The number of anilines is 1. The number of guanidine groups is 2. The monoisotopic (exact) mass is 339 g/mol. The highest BCUT2D eigenvalue weighted by Crippen LogP contribution is 2.29. The number of aliphatic imine (C=N–C) groups is 2. The lowest BCUT2D eigenvalue weighted by molar-refractivity contribution is 0.388. The maximum atomic E-state index is 11.6. The SMILES string of the molecule is CS(=O)(=O)N1CCN(c2ccccc2N=C(N)N=C(N)N)CC1. The van der Waals surface area contributed by atoms with E-state index in [-0.39, 0.29) is 11.9 Å². The molecule has 1 saturated heterocycles.